The first-order valence-electron chi connectivity index (χ1n) is 10.4. The van der Waals surface area contributed by atoms with Gasteiger partial charge in [-0.05, 0) is 57.4 Å². The average molecular weight is 370 g/mol. The molecule has 0 bridgehead atoms. The summed E-state index contributed by atoms with van der Waals surface area (Å²) in [5.41, 5.74) is 3.28. The topological polar surface area (TPSA) is 66.8 Å². The molecule has 2 aromatic rings. The van der Waals surface area contributed by atoms with Gasteiger partial charge in [0.05, 0.1) is 5.69 Å². The van der Waals surface area contributed by atoms with Crippen molar-refractivity contribution in [2.45, 2.75) is 71.3 Å². The Morgan fingerprint density at radius 3 is 2.81 bits per heavy atom. The largest absolute Gasteiger partial charge is 0.342 e. The predicted octanol–water partition coefficient (Wildman–Crippen LogP) is 3.36. The van der Waals surface area contributed by atoms with Crippen molar-refractivity contribution in [2.24, 2.45) is 5.92 Å². The number of amides is 1. The van der Waals surface area contributed by atoms with Gasteiger partial charge in [0, 0.05) is 50.1 Å². The Morgan fingerprint density at radius 1 is 1.26 bits per heavy atom. The Kier molecular flexibility index (Phi) is 5.32. The molecule has 0 radical (unpaired) electrons. The van der Waals surface area contributed by atoms with Crippen LogP contribution in [0.1, 0.15) is 67.2 Å². The van der Waals surface area contributed by atoms with Gasteiger partial charge >= 0.3 is 0 Å². The van der Waals surface area contributed by atoms with Gasteiger partial charge in [-0.2, -0.15) is 5.10 Å². The number of aryl methyl sites for hydroxylation is 2. The van der Waals surface area contributed by atoms with E-state index >= 15 is 0 Å². The van der Waals surface area contributed by atoms with Crippen molar-refractivity contribution in [3.8, 4) is 0 Å². The molecular weight excluding hydrogens is 338 g/mol. The number of carbonyl (C=O) groups is 1. The molecule has 0 aromatic carbocycles. The standard InChI is InChI=1S/C21H31N5O/c1-15-19(16(2)24-23-15)8-9-20(27)25-11-4-7-18(14-25)21-22-10-12-26(21)13-17-5-3-6-17/h10,12,17-18H,3-9,11,13-14H2,1-2H3,(H,23,24)/t18-/m0/s1. The van der Waals surface area contributed by atoms with E-state index in [2.05, 4.69) is 30.8 Å². The van der Waals surface area contributed by atoms with E-state index in [-0.39, 0.29) is 5.91 Å². The summed E-state index contributed by atoms with van der Waals surface area (Å²) in [6.07, 6.45) is 11.6. The molecule has 2 aliphatic rings. The highest BCUT2D eigenvalue weighted by molar-refractivity contribution is 5.76. The quantitative estimate of drug-likeness (QED) is 0.849. The summed E-state index contributed by atoms with van der Waals surface area (Å²) >= 11 is 0. The van der Waals surface area contributed by atoms with Crippen LogP contribution in [0.2, 0.25) is 0 Å². The van der Waals surface area contributed by atoms with Crippen LogP contribution in [0.4, 0.5) is 0 Å². The number of hydrogen-bond donors (Lipinski definition) is 1. The monoisotopic (exact) mass is 369 g/mol. The fourth-order valence-corrected chi connectivity index (χ4v) is 4.54. The highest BCUT2D eigenvalue weighted by atomic mass is 16.2. The number of nitrogens with one attached hydrogen (secondary N) is 1. The van der Waals surface area contributed by atoms with Crippen LogP contribution < -0.4 is 0 Å². The third-order valence-electron chi connectivity index (χ3n) is 6.44. The minimum atomic E-state index is 0.261. The van der Waals surface area contributed by atoms with E-state index in [1.54, 1.807) is 0 Å². The van der Waals surface area contributed by atoms with Crippen LogP contribution in [0.5, 0.6) is 0 Å². The van der Waals surface area contributed by atoms with Crippen LogP contribution in [0, 0.1) is 19.8 Å². The maximum absolute atomic E-state index is 12.8. The van der Waals surface area contributed by atoms with Gasteiger partial charge in [-0.3, -0.25) is 9.89 Å². The maximum atomic E-state index is 12.8. The molecule has 146 valence electrons. The van der Waals surface area contributed by atoms with Crippen LogP contribution in [0.25, 0.3) is 0 Å². The van der Waals surface area contributed by atoms with E-state index in [0.717, 1.165) is 56.2 Å². The van der Waals surface area contributed by atoms with Crippen LogP contribution in [-0.4, -0.2) is 43.6 Å². The minimum absolute atomic E-state index is 0.261. The van der Waals surface area contributed by atoms with Crippen LogP contribution in [0.15, 0.2) is 12.4 Å². The summed E-state index contributed by atoms with van der Waals surface area (Å²) in [5.74, 6) is 2.63. The fraction of sp³-hybridized carbons (Fsp3) is 0.667. The molecule has 27 heavy (non-hydrogen) atoms. The zero-order chi connectivity index (χ0) is 18.8. The lowest BCUT2D eigenvalue weighted by molar-refractivity contribution is -0.132. The lowest BCUT2D eigenvalue weighted by Gasteiger charge is -2.34. The Hall–Kier alpha value is -2.11. The third-order valence-corrected chi connectivity index (χ3v) is 6.44. The van der Waals surface area contributed by atoms with Crippen molar-refractivity contribution in [3.05, 3.63) is 35.2 Å². The summed E-state index contributed by atoms with van der Waals surface area (Å²) in [6.45, 7) is 6.81. The third kappa shape index (κ3) is 3.94. The first-order valence-corrected chi connectivity index (χ1v) is 10.4. The van der Waals surface area contributed by atoms with Gasteiger partial charge in [-0.1, -0.05) is 6.42 Å². The molecule has 2 aromatic heterocycles. The molecule has 1 saturated heterocycles. The SMILES string of the molecule is Cc1n[nH]c(C)c1CCC(=O)N1CCC[C@H](c2nccn2CC2CCC2)C1. The molecule has 1 amide bonds. The number of nitrogens with zero attached hydrogens (tertiary/aromatic N) is 4. The molecular formula is C21H31N5O. The summed E-state index contributed by atoms with van der Waals surface area (Å²) in [4.78, 5) is 19.5. The number of rotatable bonds is 6. The molecule has 0 unspecified atom stereocenters. The van der Waals surface area contributed by atoms with Crippen molar-refractivity contribution in [2.75, 3.05) is 13.1 Å². The van der Waals surface area contributed by atoms with Crippen LogP contribution in [0.3, 0.4) is 0 Å². The van der Waals surface area contributed by atoms with E-state index in [1.165, 1.54) is 30.7 Å². The van der Waals surface area contributed by atoms with Gasteiger partial charge < -0.3 is 9.47 Å². The second-order valence-electron chi connectivity index (χ2n) is 8.33. The Balaban J connectivity index is 1.36. The van der Waals surface area contributed by atoms with Crippen molar-refractivity contribution in [3.63, 3.8) is 0 Å². The molecule has 1 N–H and O–H groups in total. The van der Waals surface area contributed by atoms with Gasteiger partial charge in [-0.15, -0.1) is 0 Å². The molecule has 6 nitrogen and oxygen atoms in total. The molecule has 1 aliphatic heterocycles. The number of H-pyrrole nitrogens is 1. The highest BCUT2D eigenvalue weighted by Gasteiger charge is 2.28. The minimum Gasteiger partial charge on any atom is -0.342 e. The van der Waals surface area contributed by atoms with Crippen LogP contribution in [-0.2, 0) is 17.8 Å². The average Bonchev–Trinajstić information content (AvgIpc) is 3.23. The second-order valence-corrected chi connectivity index (χ2v) is 8.33. The number of imidazole rings is 1. The van der Waals surface area contributed by atoms with Crippen molar-refractivity contribution in [1.29, 1.82) is 0 Å². The van der Waals surface area contributed by atoms with Gasteiger partial charge in [0.2, 0.25) is 5.91 Å². The van der Waals surface area contributed by atoms with Crippen molar-refractivity contribution >= 4 is 5.91 Å². The maximum Gasteiger partial charge on any atom is 0.222 e. The second kappa shape index (κ2) is 7.87. The van der Waals surface area contributed by atoms with Crippen LogP contribution >= 0.6 is 0 Å². The molecule has 6 heteroatoms. The van der Waals surface area contributed by atoms with Gasteiger partial charge in [-0.25, -0.2) is 4.98 Å². The zero-order valence-corrected chi connectivity index (χ0v) is 16.6. The zero-order valence-electron chi connectivity index (χ0n) is 16.6. The number of aromatic amines is 1. The van der Waals surface area contributed by atoms with Crippen molar-refractivity contribution in [1.82, 2.24) is 24.6 Å². The molecule has 2 fully saturated rings. The first-order chi connectivity index (χ1) is 13.1. The summed E-state index contributed by atoms with van der Waals surface area (Å²) < 4.78 is 2.35. The van der Waals surface area contributed by atoms with Gasteiger partial charge in [0.15, 0.2) is 0 Å². The predicted molar refractivity (Wildman–Crippen MR) is 105 cm³/mol. The lowest BCUT2D eigenvalue weighted by Crippen LogP contribution is -2.40. The lowest BCUT2D eigenvalue weighted by atomic mass is 9.85. The van der Waals surface area contributed by atoms with E-state index < -0.39 is 0 Å². The first kappa shape index (κ1) is 18.3. The molecule has 3 heterocycles. The smallest absolute Gasteiger partial charge is 0.222 e. The molecule has 1 aliphatic carbocycles. The van der Waals surface area contributed by atoms with E-state index in [9.17, 15) is 4.79 Å². The summed E-state index contributed by atoms with van der Waals surface area (Å²) in [5, 5.41) is 7.25. The number of hydrogen-bond acceptors (Lipinski definition) is 3. The van der Waals surface area contributed by atoms with E-state index in [4.69, 9.17) is 0 Å². The summed E-state index contributed by atoms with van der Waals surface area (Å²) in [7, 11) is 0. The normalized spacial score (nSPS) is 20.7. The Labute approximate surface area is 161 Å². The van der Waals surface area contributed by atoms with Gasteiger partial charge in [0.1, 0.15) is 5.82 Å². The molecule has 1 saturated carbocycles. The van der Waals surface area contributed by atoms with Gasteiger partial charge in [0.25, 0.3) is 0 Å². The number of likely N-dealkylation sites (tertiary alicyclic amines) is 1. The molecule has 0 spiro atoms. The molecule has 4 rings (SSSR count). The van der Waals surface area contributed by atoms with E-state index in [0.29, 0.717) is 12.3 Å². The number of piperidine rings is 1. The molecule has 1 atom stereocenters. The van der Waals surface area contributed by atoms with E-state index in [1.807, 2.05) is 20.0 Å². The number of aromatic nitrogens is 4. The highest BCUT2D eigenvalue weighted by Crippen LogP contribution is 2.31. The van der Waals surface area contributed by atoms with Crippen molar-refractivity contribution < 1.29 is 4.79 Å². The fourth-order valence-electron chi connectivity index (χ4n) is 4.54. The summed E-state index contributed by atoms with van der Waals surface area (Å²) in [6, 6.07) is 0. The Bertz CT molecular complexity index is 769. The number of carbonyl (C=O) groups excluding carboxylic acids is 1. The Morgan fingerprint density at radius 2 is 2.11 bits per heavy atom.